The molecule has 28 heavy (non-hydrogen) atoms. The van der Waals surface area contributed by atoms with Crippen LogP contribution in [0.25, 0.3) is 11.0 Å². The predicted octanol–water partition coefficient (Wildman–Crippen LogP) is 3.15. The van der Waals surface area contributed by atoms with Gasteiger partial charge in [0.25, 0.3) is 5.91 Å². The van der Waals surface area contributed by atoms with Crippen LogP contribution in [0.5, 0.6) is 0 Å². The lowest BCUT2D eigenvalue weighted by atomic mass is 10.1. The molecule has 3 aromatic rings. The SMILES string of the molecule is C#CCNC(=O)c1ccccc1NC(=O)CSc1nc2ccccc2n1CC. The van der Waals surface area contributed by atoms with Crippen LogP contribution in [-0.2, 0) is 11.3 Å². The number of anilines is 1. The van der Waals surface area contributed by atoms with Crippen molar-refractivity contribution in [2.24, 2.45) is 0 Å². The molecule has 0 bridgehead atoms. The molecule has 0 aliphatic rings. The average Bonchev–Trinajstić information content (AvgIpc) is 3.08. The Bertz CT molecular complexity index is 1050. The highest BCUT2D eigenvalue weighted by molar-refractivity contribution is 7.99. The Morgan fingerprint density at radius 1 is 1.18 bits per heavy atom. The molecule has 7 heteroatoms. The first-order valence-electron chi connectivity index (χ1n) is 8.82. The Labute approximate surface area is 167 Å². The number of rotatable bonds is 7. The van der Waals surface area contributed by atoms with E-state index in [4.69, 9.17) is 6.42 Å². The number of nitrogens with zero attached hydrogens (tertiary/aromatic N) is 2. The summed E-state index contributed by atoms with van der Waals surface area (Å²) in [6.07, 6.45) is 5.17. The van der Waals surface area contributed by atoms with Crippen molar-refractivity contribution >= 4 is 40.3 Å². The Hall–Kier alpha value is -3.24. The van der Waals surface area contributed by atoms with E-state index in [0.29, 0.717) is 11.3 Å². The number of terminal acetylenes is 1. The molecule has 0 unspecified atom stereocenters. The molecule has 2 amide bonds. The van der Waals surface area contributed by atoms with Crippen molar-refractivity contribution in [2.45, 2.75) is 18.6 Å². The second kappa shape index (κ2) is 9.11. The number of aromatic nitrogens is 2. The fraction of sp³-hybridized carbons (Fsp3) is 0.190. The van der Waals surface area contributed by atoms with Crippen LogP contribution in [0.3, 0.4) is 0 Å². The molecule has 0 aliphatic heterocycles. The summed E-state index contributed by atoms with van der Waals surface area (Å²) in [7, 11) is 0. The topological polar surface area (TPSA) is 76.0 Å². The van der Waals surface area contributed by atoms with Gasteiger partial charge >= 0.3 is 0 Å². The van der Waals surface area contributed by atoms with Gasteiger partial charge in [-0.15, -0.1) is 6.42 Å². The van der Waals surface area contributed by atoms with Crippen molar-refractivity contribution in [2.75, 3.05) is 17.6 Å². The summed E-state index contributed by atoms with van der Waals surface area (Å²) in [6, 6.07) is 14.7. The zero-order valence-corrected chi connectivity index (χ0v) is 16.3. The first-order valence-corrected chi connectivity index (χ1v) is 9.81. The number of imidazole rings is 1. The minimum atomic E-state index is -0.325. The van der Waals surface area contributed by atoms with E-state index in [-0.39, 0.29) is 24.1 Å². The van der Waals surface area contributed by atoms with Crippen LogP contribution < -0.4 is 10.6 Å². The van der Waals surface area contributed by atoms with Gasteiger partial charge in [0.1, 0.15) is 0 Å². The number of carbonyl (C=O) groups is 2. The normalized spacial score (nSPS) is 10.4. The van der Waals surface area contributed by atoms with Crippen LogP contribution in [-0.4, -0.2) is 33.7 Å². The van der Waals surface area contributed by atoms with Gasteiger partial charge in [-0.2, -0.15) is 0 Å². The number of carbonyl (C=O) groups excluding carboxylic acids is 2. The molecular formula is C21H20N4O2S. The summed E-state index contributed by atoms with van der Waals surface area (Å²) in [5.74, 6) is 2.01. The van der Waals surface area contributed by atoms with Crippen LogP contribution >= 0.6 is 11.8 Å². The second-order valence-electron chi connectivity index (χ2n) is 5.90. The number of amides is 2. The average molecular weight is 392 g/mol. The van der Waals surface area contributed by atoms with Gasteiger partial charge in [-0.05, 0) is 31.2 Å². The highest BCUT2D eigenvalue weighted by atomic mass is 32.2. The smallest absolute Gasteiger partial charge is 0.254 e. The van der Waals surface area contributed by atoms with Gasteiger partial charge in [0.05, 0.1) is 34.6 Å². The number of nitrogens with one attached hydrogen (secondary N) is 2. The van der Waals surface area contributed by atoms with Gasteiger partial charge < -0.3 is 15.2 Å². The van der Waals surface area contributed by atoms with Gasteiger partial charge in [0.2, 0.25) is 5.91 Å². The van der Waals surface area contributed by atoms with E-state index in [0.717, 1.165) is 22.7 Å². The predicted molar refractivity (Wildman–Crippen MR) is 112 cm³/mol. The molecule has 2 N–H and O–H groups in total. The van der Waals surface area contributed by atoms with E-state index in [1.807, 2.05) is 31.2 Å². The van der Waals surface area contributed by atoms with E-state index in [1.165, 1.54) is 11.8 Å². The Morgan fingerprint density at radius 2 is 1.93 bits per heavy atom. The largest absolute Gasteiger partial charge is 0.341 e. The number of hydrogen-bond donors (Lipinski definition) is 2. The molecule has 2 aromatic carbocycles. The van der Waals surface area contributed by atoms with Crippen molar-refractivity contribution in [1.29, 1.82) is 0 Å². The molecule has 3 rings (SSSR count). The molecule has 0 atom stereocenters. The Morgan fingerprint density at radius 3 is 2.71 bits per heavy atom. The molecule has 0 radical (unpaired) electrons. The maximum atomic E-state index is 12.5. The zero-order valence-electron chi connectivity index (χ0n) is 15.4. The van der Waals surface area contributed by atoms with Crippen LogP contribution in [0.4, 0.5) is 5.69 Å². The molecule has 0 saturated heterocycles. The fourth-order valence-corrected chi connectivity index (χ4v) is 3.68. The lowest BCUT2D eigenvalue weighted by Gasteiger charge is -2.11. The summed E-state index contributed by atoms with van der Waals surface area (Å²) in [4.78, 5) is 29.3. The molecule has 1 aromatic heterocycles. The highest BCUT2D eigenvalue weighted by Gasteiger charge is 2.15. The fourth-order valence-electron chi connectivity index (χ4n) is 2.80. The van der Waals surface area contributed by atoms with Crippen LogP contribution in [0.2, 0.25) is 0 Å². The van der Waals surface area contributed by atoms with E-state index in [9.17, 15) is 9.59 Å². The third-order valence-electron chi connectivity index (χ3n) is 4.06. The molecule has 0 aliphatic carbocycles. The molecule has 0 spiro atoms. The van der Waals surface area contributed by atoms with Gasteiger partial charge in [-0.25, -0.2) is 4.98 Å². The lowest BCUT2D eigenvalue weighted by Crippen LogP contribution is -2.25. The molecule has 142 valence electrons. The van der Waals surface area contributed by atoms with Crippen LogP contribution in [0.15, 0.2) is 53.7 Å². The number of hydrogen-bond acceptors (Lipinski definition) is 4. The first kappa shape index (κ1) is 19.5. The van der Waals surface area contributed by atoms with Crippen molar-refractivity contribution in [1.82, 2.24) is 14.9 Å². The first-order chi connectivity index (χ1) is 13.6. The quantitative estimate of drug-likeness (QED) is 0.478. The van der Waals surface area contributed by atoms with Gasteiger partial charge in [0, 0.05) is 6.54 Å². The Balaban J connectivity index is 1.69. The van der Waals surface area contributed by atoms with Gasteiger partial charge in [-0.3, -0.25) is 9.59 Å². The summed E-state index contributed by atoms with van der Waals surface area (Å²) >= 11 is 1.37. The molecular weight excluding hydrogens is 372 g/mol. The number of para-hydroxylation sites is 3. The standard InChI is InChI=1S/C21H20N4O2S/c1-3-13-22-20(27)15-9-5-6-10-16(15)23-19(26)14-28-21-24-17-11-7-8-12-18(17)25(21)4-2/h1,5-12H,4,13-14H2,2H3,(H,22,27)(H,23,26). The summed E-state index contributed by atoms with van der Waals surface area (Å²) < 4.78 is 2.08. The molecule has 0 saturated carbocycles. The maximum absolute atomic E-state index is 12.5. The second-order valence-corrected chi connectivity index (χ2v) is 6.84. The molecule has 1 heterocycles. The van der Waals surface area contributed by atoms with E-state index < -0.39 is 0 Å². The van der Waals surface area contributed by atoms with Crippen LogP contribution in [0, 0.1) is 12.3 Å². The van der Waals surface area contributed by atoms with Crippen molar-refractivity contribution in [3.8, 4) is 12.3 Å². The summed E-state index contributed by atoms with van der Waals surface area (Å²) in [5, 5.41) is 6.20. The van der Waals surface area contributed by atoms with Gasteiger partial charge in [-0.1, -0.05) is 41.9 Å². The Kier molecular flexibility index (Phi) is 6.35. The summed E-state index contributed by atoms with van der Waals surface area (Å²) in [5.41, 5.74) is 2.77. The third-order valence-corrected chi connectivity index (χ3v) is 5.04. The number of fused-ring (bicyclic) bond motifs is 1. The van der Waals surface area contributed by atoms with Gasteiger partial charge in [0.15, 0.2) is 5.16 Å². The third kappa shape index (κ3) is 4.35. The monoisotopic (exact) mass is 392 g/mol. The number of aryl methyl sites for hydroxylation is 1. The van der Waals surface area contributed by atoms with E-state index >= 15 is 0 Å². The minimum absolute atomic E-state index is 0.129. The molecule has 6 nitrogen and oxygen atoms in total. The number of benzene rings is 2. The van der Waals surface area contributed by atoms with E-state index in [1.54, 1.807) is 24.3 Å². The zero-order chi connectivity index (χ0) is 19.9. The van der Waals surface area contributed by atoms with Crippen LogP contribution in [0.1, 0.15) is 17.3 Å². The van der Waals surface area contributed by atoms with Crippen molar-refractivity contribution in [3.63, 3.8) is 0 Å². The highest BCUT2D eigenvalue weighted by Crippen LogP contribution is 2.24. The van der Waals surface area contributed by atoms with Crippen molar-refractivity contribution in [3.05, 3.63) is 54.1 Å². The van der Waals surface area contributed by atoms with Crippen molar-refractivity contribution < 1.29 is 9.59 Å². The minimum Gasteiger partial charge on any atom is -0.341 e. The maximum Gasteiger partial charge on any atom is 0.254 e. The summed E-state index contributed by atoms with van der Waals surface area (Å²) in [6.45, 7) is 2.94. The van der Waals surface area contributed by atoms with E-state index in [2.05, 4.69) is 26.1 Å². The molecule has 0 fully saturated rings. The lowest BCUT2D eigenvalue weighted by molar-refractivity contribution is -0.113. The number of thioether (sulfide) groups is 1.